The minimum absolute atomic E-state index is 0.365. The molecule has 0 bridgehead atoms. The van der Waals surface area contributed by atoms with Crippen LogP contribution in [0.3, 0.4) is 0 Å². The van der Waals surface area contributed by atoms with E-state index in [-0.39, 0.29) is 6.10 Å². The number of aliphatic hydroxyl groups excluding tert-OH is 1. The smallest absolute Gasteiger partial charge is 0.0922 e. The molecule has 2 unspecified atom stereocenters. The quantitative estimate of drug-likeness (QED) is 0.883. The number of thioether (sulfide) groups is 1. The highest BCUT2D eigenvalue weighted by Gasteiger charge is 2.28. The van der Waals surface area contributed by atoms with Crippen molar-refractivity contribution >= 4 is 23.1 Å². The number of rotatable bonds is 4. The Morgan fingerprint density at radius 2 is 2.41 bits per heavy atom. The van der Waals surface area contributed by atoms with E-state index in [1.165, 1.54) is 17.9 Å². The van der Waals surface area contributed by atoms with Gasteiger partial charge < -0.3 is 10.4 Å². The molecule has 1 saturated heterocycles. The molecule has 0 spiro atoms. The fourth-order valence-corrected chi connectivity index (χ4v) is 4.27. The second kappa shape index (κ2) is 5.74. The van der Waals surface area contributed by atoms with E-state index in [1.807, 2.05) is 28.6 Å². The molecule has 0 aromatic carbocycles. The van der Waals surface area contributed by atoms with E-state index in [4.69, 9.17) is 0 Å². The lowest BCUT2D eigenvalue weighted by Crippen LogP contribution is -2.41. The highest BCUT2D eigenvalue weighted by atomic mass is 32.2. The Bertz CT molecular complexity index is 337. The van der Waals surface area contributed by atoms with Crippen molar-refractivity contribution in [2.45, 2.75) is 32.4 Å². The van der Waals surface area contributed by atoms with Gasteiger partial charge in [-0.25, -0.2) is 0 Å². The van der Waals surface area contributed by atoms with E-state index in [0.29, 0.717) is 18.0 Å². The van der Waals surface area contributed by atoms with E-state index >= 15 is 0 Å². The Hall–Kier alpha value is -0.0300. The average Bonchev–Trinajstić information content (AvgIpc) is 2.78. The Kier molecular flexibility index (Phi) is 4.53. The summed E-state index contributed by atoms with van der Waals surface area (Å²) in [5.41, 5.74) is 1.46. The van der Waals surface area contributed by atoms with Crippen LogP contribution in [0.4, 0.5) is 0 Å². The lowest BCUT2D eigenvalue weighted by atomic mass is 9.88. The normalized spacial score (nSPS) is 25.7. The monoisotopic (exact) mass is 271 g/mol. The first-order valence-electron chi connectivity index (χ1n) is 6.08. The van der Waals surface area contributed by atoms with Gasteiger partial charge in [0.1, 0.15) is 0 Å². The SMILES string of the molecule is CC1(C)CSCC(NCC(O)c2ccsc2)C1. The zero-order valence-electron chi connectivity index (χ0n) is 10.5. The molecule has 0 aliphatic carbocycles. The van der Waals surface area contributed by atoms with Crippen LogP contribution in [0.5, 0.6) is 0 Å². The van der Waals surface area contributed by atoms with Crippen LogP contribution in [0.1, 0.15) is 31.9 Å². The molecule has 1 aliphatic heterocycles. The summed E-state index contributed by atoms with van der Waals surface area (Å²) in [4.78, 5) is 0. The van der Waals surface area contributed by atoms with Crippen LogP contribution in [0.2, 0.25) is 0 Å². The second-order valence-electron chi connectivity index (χ2n) is 5.56. The van der Waals surface area contributed by atoms with Crippen molar-refractivity contribution < 1.29 is 5.11 Å². The van der Waals surface area contributed by atoms with Crippen molar-refractivity contribution in [1.29, 1.82) is 0 Å². The van der Waals surface area contributed by atoms with Crippen molar-refractivity contribution in [3.8, 4) is 0 Å². The highest BCUT2D eigenvalue weighted by Crippen LogP contribution is 2.33. The van der Waals surface area contributed by atoms with Gasteiger partial charge in [-0.15, -0.1) is 0 Å². The maximum absolute atomic E-state index is 10.0. The molecule has 4 heteroatoms. The molecule has 96 valence electrons. The number of hydrogen-bond donors (Lipinski definition) is 2. The van der Waals surface area contributed by atoms with Gasteiger partial charge in [-0.3, -0.25) is 0 Å². The molecule has 1 aliphatic rings. The summed E-state index contributed by atoms with van der Waals surface area (Å²) in [6.07, 6.45) is 0.840. The molecule has 2 atom stereocenters. The van der Waals surface area contributed by atoms with E-state index in [9.17, 15) is 5.11 Å². The summed E-state index contributed by atoms with van der Waals surface area (Å²) in [6, 6.07) is 2.54. The number of hydrogen-bond acceptors (Lipinski definition) is 4. The predicted octanol–water partition coefficient (Wildman–Crippen LogP) is 2.90. The average molecular weight is 271 g/mol. The van der Waals surface area contributed by atoms with Gasteiger partial charge in [0.2, 0.25) is 0 Å². The molecule has 0 radical (unpaired) electrons. The molecular formula is C13H21NOS2. The maximum atomic E-state index is 10.0. The molecule has 1 aromatic heterocycles. The van der Waals surface area contributed by atoms with Crippen LogP contribution in [0.15, 0.2) is 16.8 Å². The molecule has 1 fully saturated rings. The van der Waals surface area contributed by atoms with Gasteiger partial charge in [0.25, 0.3) is 0 Å². The van der Waals surface area contributed by atoms with E-state index in [2.05, 4.69) is 19.2 Å². The van der Waals surface area contributed by atoms with Crippen molar-refractivity contribution in [3.63, 3.8) is 0 Å². The third kappa shape index (κ3) is 3.98. The zero-order valence-corrected chi connectivity index (χ0v) is 12.1. The first-order chi connectivity index (χ1) is 8.07. The molecule has 2 nitrogen and oxygen atoms in total. The highest BCUT2D eigenvalue weighted by molar-refractivity contribution is 7.99. The number of aliphatic hydroxyl groups is 1. The van der Waals surface area contributed by atoms with Gasteiger partial charge in [0.15, 0.2) is 0 Å². The molecule has 1 aromatic rings. The topological polar surface area (TPSA) is 32.3 Å². The van der Waals surface area contributed by atoms with Crippen LogP contribution in [-0.4, -0.2) is 29.2 Å². The van der Waals surface area contributed by atoms with Crippen LogP contribution in [-0.2, 0) is 0 Å². The minimum Gasteiger partial charge on any atom is -0.387 e. The molecule has 2 heterocycles. The number of thiophene rings is 1. The zero-order chi connectivity index (χ0) is 12.3. The fraction of sp³-hybridized carbons (Fsp3) is 0.692. The van der Waals surface area contributed by atoms with Crippen molar-refractivity contribution in [3.05, 3.63) is 22.4 Å². The van der Waals surface area contributed by atoms with Crippen LogP contribution >= 0.6 is 23.1 Å². The Morgan fingerprint density at radius 1 is 1.59 bits per heavy atom. The first-order valence-corrected chi connectivity index (χ1v) is 8.18. The van der Waals surface area contributed by atoms with Crippen molar-refractivity contribution in [1.82, 2.24) is 5.32 Å². The van der Waals surface area contributed by atoms with Gasteiger partial charge in [-0.1, -0.05) is 13.8 Å². The third-order valence-electron chi connectivity index (χ3n) is 3.14. The molecule has 0 saturated carbocycles. The molecular weight excluding hydrogens is 250 g/mol. The van der Waals surface area contributed by atoms with Crippen molar-refractivity contribution in [2.24, 2.45) is 5.41 Å². The fourth-order valence-electron chi connectivity index (χ4n) is 2.25. The third-order valence-corrected chi connectivity index (χ3v) is 5.46. The van der Waals surface area contributed by atoms with Gasteiger partial charge in [0, 0.05) is 18.3 Å². The van der Waals surface area contributed by atoms with E-state index in [1.54, 1.807) is 11.3 Å². The summed E-state index contributed by atoms with van der Waals surface area (Å²) in [7, 11) is 0. The Labute approximate surface area is 112 Å². The standard InChI is InChI=1S/C13H21NOS2/c1-13(2)5-11(8-17-9-13)14-6-12(15)10-3-4-16-7-10/h3-4,7,11-12,14-15H,5-6,8-9H2,1-2H3. The Balaban J connectivity index is 1.78. The van der Waals surface area contributed by atoms with Crippen LogP contribution in [0, 0.1) is 5.41 Å². The van der Waals surface area contributed by atoms with E-state index < -0.39 is 0 Å². The maximum Gasteiger partial charge on any atom is 0.0922 e. The first kappa shape index (κ1) is 13.4. The molecule has 2 rings (SSSR count). The van der Waals surface area contributed by atoms with Crippen molar-refractivity contribution in [2.75, 3.05) is 18.1 Å². The summed E-state index contributed by atoms with van der Waals surface area (Å²) in [5.74, 6) is 2.41. The van der Waals surface area contributed by atoms with Crippen LogP contribution < -0.4 is 5.32 Å². The lowest BCUT2D eigenvalue weighted by Gasteiger charge is -2.35. The molecule has 17 heavy (non-hydrogen) atoms. The summed E-state index contributed by atoms with van der Waals surface area (Å²) < 4.78 is 0. The van der Waals surface area contributed by atoms with Gasteiger partial charge >= 0.3 is 0 Å². The predicted molar refractivity (Wildman–Crippen MR) is 76.8 cm³/mol. The van der Waals surface area contributed by atoms with E-state index in [0.717, 1.165) is 5.56 Å². The Morgan fingerprint density at radius 3 is 3.06 bits per heavy atom. The number of nitrogens with one attached hydrogen (secondary N) is 1. The largest absolute Gasteiger partial charge is 0.387 e. The second-order valence-corrected chi connectivity index (χ2v) is 7.37. The summed E-state index contributed by atoms with van der Waals surface area (Å²) in [5, 5.41) is 17.5. The minimum atomic E-state index is -0.365. The summed E-state index contributed by atoms with van der Waals surface area (Å²) in [6.45, 7) is 5.31. The lowest BCUT2D eigenvalue weighted by molar-refractivity contribution is 0.166. The molecule has 2 N–H and O–H groups in total. The van der Waals surface area contributed by atoms with Crippen LogP contribution in [0.25, 0.3) is 0 Å². The molecule has 0 amide bonds. The van der Waals surface area contributed by atoms with Gasteiger partial charge in [0.05, 0.1) is 6.10 Å². The van der Waals surface area contributed by atoms with Gasteiger partial charge in [-0.05, 0) is 40.0 Å². The van der Waals surface area contributed by atoms with Gasteiger partial charge in [-0.2, -0.15) is 23.1 Å². The summed E-state index contributed by atoms with van der Waals surface area (Å²) >= 11 is 3.65.